The van der Waals surface area contributed by atoms with Crippen molar-refractivity contribution in [2.24, 2.45) is 0 Å². The minimum Gasteiger partial charge on any atom is -0.481 e. The fraction of sp³-hybridized carbons (Fsp3) is 0.267. The van der Waals surface area contributed by atoms with E-state index >= 15 is 0 Å². The van der Waals surface area contributed by atoms with Crippen LogP contribution in [0.1, 0.15) is 18.4 Å². The maximum Gasteiger partial charge on any atom is 0.303 e. The summed E-state index contributed by atoms with van der Waals surface area (Å²) >= 11 is 0. The van der Waals surface area contributed by atoms with Crippen LogP contribution in [-0.4, -0.2) is 23.0 Å². The van der Waals surface area contributed by atoms with Gasteiger partial charge >= 0.3 is 5.97 Å². The van der Waals surface area contributed by atoms with Gasteiger partial charge in [0.15, 0.2) is 0 Å². The Morgan fingerprint density at radius 3 is 2.63 bits per heavy atom. The van der Waals surface area contributed by atoms with Gasteiger partial charge in [-0.2, -0.15) is 0 Å². The number of carboxylic acid groups (broad SMARTS) is 1. The molecule has 0 spiro atoms. The Bertz CT molecular complexity index is 475. The monoisotopic (exact) mass is 259 g/mol. The van der Waals surface area contributed by atoms with Gasteiger partial charge in [0.2, 0.25) is 5.91 Å². The zero-order chi connectivity index (χ0) is 14.1. The van der Waals surface area contributed by atoms with Gasteiger partial charge in [0, 0.05) is 6.42 Å². The first kappa shape index (κ1) is 14.7. The molecule has 19 heavy (non-hydrogen) atoms. The molecule has 0 aromatic heterocycles. The van der Waals surface area contributed by atoms with E-state index in [0.717, 1.165) is 5.56 Å². The summed E-state index contributed by atoms with van der Waals surface area (Å²) in [5.41, 5.74) is 3.49. The molecule has 0 bridgehead atoms. The second-order valence-electron chi connectivity index (χ2n) is 4.14. The van der Waals surface area contributed by atoms with Gasteiger partial charge in [0.25, 0.3) is 0 Å². The van der Waals surface area contributed by atoms with Crippen LogP contribution in [0.15, 0.2) is 48.7 Å². The molecule has 1 rings (SSSR count). The lowest BCUT2D eigenvalue weighted by Gasteiger charge is -2.13. The Labute approximate surface area is 112 Å². The summed E-state index contributed by atoms with van der Waals surface area (Å²) in [6, 6.07) is 9.02. The highest BCUT2D eigenvalue weighted by atomic mass is 16.4. The summed E-state index contributed by atoms with van der Waals surface area (Å²) in [4.78, 5) is 22.3. The smallest absolute Gasteiger partial charge is 0.303 e. The summed E-state index contributed by atoms with van der Waals surface area (Å²) < 4.78 is 0. The van der Waals surface area contributed by atoms with Gasteiger partial charge < -0.3 is 10.4 Å². The van der Waals surface area contributed by atoms with Gasteiger partial charge in [-0.3, -0.25) is 9.59 Å². The van der Waals surface area contributed by atoms with Gasteiger partial charge in [-0.1, -0.05) is 36.9 Å². The topological polar surface area (TPSA) is 66.4 Å². The van der Waals surface area contributed by atoms with E-state index in [1.165, 1.54) is 0 Å². The molecule has 0 heterocycles. The number of aliphatic carboxylic acids is 1. The van der Waals surface area contributed by atoms with E-state index in [9.17, 15) is 9.59 Å². The standard InChI is InChI=1S/C15H17NO3/c1-2-6-13(9-10-15(18)19)16-14(17)11-12-7-4-3-5-8-12/h3-8,13H,1,9-11H2,(H,16,17)(H,18,19). The van der Waals surface area contributed by atoms with Crippen molar-refractivity contribution in [3.63, 3.8) is 0 Å². The quantitative estimate of drug-likeness (QED) is 0.735. The molecule has 2 N–H and O–H groups in total. The summed E-state index contributed by atoms with van der Waals surface area (Å²) in [6.07, 6.45) is 2.17. The second-order valence-corrected chi connectivity index (χ2v) is 4.14. The molecule has 0 fully saturated rings. The predicted octanol–water partition coefficient (Wildman–Crippen LogP) is 1.92. The van der Waals surface area contributed by atoms with Gasteiger partial charge in [-0.25, -0.2) is 0 Å². The van der Waals surface area contributed by atoms with Crippen LogP contribution < -0.4 is 5.32 Å². The average molecular weight is 259 g/mol. The van der Waals surface area contributed by atoms with Crippen LogP contribution in [-0.2, 0) is 16.0 Å². The Hall–Kier alpha value is -2.32. The zero-order valence-corrected chi connectivity index (χ0v) is 10.6. The third-order valence-corrected chi connectivity index (χ3v) is 2.54. The van der Waals surface area contributed by atoms with E-state index in [0.29, 0.717) is 6.42 Å². The lowest BCUT2D eigenvalue weighted by atomic mass is 10.1. The van der Waals surface area contributed by atoms with Gasteiger partial charge in [-0.15, -0.1) is 5.73 Å². The van der Waals surface area contributed by atoms with Crippen molar-refractivity contribution < 1.29 is 14.7 Å². The van der Waals surface area contributed by atoms with E-state index < -0.39 is 5.97 Å². The van der Waals surface area contributed by atoms with Crippen molar-refractivity contribution in [3.05, 3.63) is 54.3 Å². The number of hydrogen-bond donors (Lipinski definition) is 2. The van der Waals surface area contributed by atoms with Crippen molar-refractivity contribution in [3.8, 4) is 0 Å². The van der Waals surface area contributed by atoms with Gasteiger partial charge in [0.1, 0.15) is 0 Å². The predicted molar refractivity (Wildman–Crippen MR) is 72.7 cm³/mol. The van der Waals surface area contributed by atoms with Crippen LogP contribution in [0.4, 0.5) is 0 Å². The van der Waals surface area contributed by atoms with Crippen molar-refractivity contribution in [1.29, 1.82) is 0 Å². The van der Waals surface area contributed by atoms with E-state index in [-0.39, 0.29) is 24.8 Å². The summed E-state index contributed by atoms with van der Waals surface area (Å²) in [5, 5.41) is 11.4. The molecular formula is C15H17NO3. The molecule has 1 unspecified atom stereocenters. The molecule has 0 aliphatic carbocycles. The summed E-state index contributed by atoms with van der Waals surface area (Å²) in [5.74, 6) is -1.03. The molecule has 1 atom stereocenters. The fourth-order valence-electron chi connectivity index (χ4n) is 1.66. The second kappa shape index (κ2) is 7.90. The highest BCUT2D eigenvalue weighted by Crippen LogP contribution is 2.02. The van der Waals surface area contributed by atoms with Crippen LogP contribution in [0, 0.1) is 0 Å². The molecule has 1 amide bonds. The molecule has 1 aromatic rings. The average Bonchev–Trinajstić information content (AvgIpc) is 2.37. The number of benzene rings is 1. The van der Waals surface area contributed by atoms with Crippen LogP contribution in [0.5, 0.6) is 0 Å². The first-order chi connectivity index (χ1) is 9.11. The molecular weight excluding hydrogens is 242 g/mol. The number of carbonyl (C=O) groups is 2. The van der Waals surface area contributed by atoms with Crippen LogP contribution >= 0.6 is 0 Å². The lowest BCUT2D eigenvalue weighted by Crippen LogP contribution is -2.34. The van der Waals surface area contributed by atoms with Crippen molar-refractivity contribution in [1.82, 2.24) is 5.32 Å². The minimum atomic E-state index is -0.889. The molecule has 100 valence electrons. The Kier molecular flexibility index (Phi) is 6.13. The third kappa shape index (κ3) is 6.24. The first-order valence-electron chi connectivity index (χ1n) is 6.03. The van der Waals surface area contributed by atoms with Gasteiger partial charge in [-0.05, 0) is 18.1 Å². The highest BCUT2D eigenvalue weighted by molar-refractivity contribution is 5.79. The van der Waals surface area contributed by atoms with Crippen LogP contribution in [0.25, 0.3) is 0 Å². The highest BCUT2D eigenvalue weighted by Gasteiger charge is 2.11. The molecule has 0 saturated carbocycles. The SMILES string of the molecule is C=C=CC(CCC(=O)O)NC(=O)Cc1ccccc1. The van der Waals surface area contributed by atoms with Gasteiger partial charge in [0.05, 0.1) is 12.5 Å². The number of hydrogen-bond acceptors (Lipinski definition) is 2. The van der Waals surface area contributed by atoms with Crippen molar-refractivity contribution >= 4 is 11.9 Å². The third-order valence-electron chi connectivity index (χ3n) is 2.54. The Morgan fingerprint density at radius 1 is 1.37 bits per heavy atom. The molecule has 1 aromatic carbocycles. The number of carboxylic acids is 1. The van der Waals surface area contributed by atoms with Crippen LogP contribution in [0.3, 0.4) is 0 Å². The molecule has 0 radical (unpaired) electrons. The Morgan fingerprint density at radius 2 is 2.05 bits per heavy atom. The van der Waals surface area contributed by atoms with E-state index in [1.807, 2.05) is 30.3 Å². The molecule has 0 aliphatic rings. The number of amides is 1. The van der Waals surface area contributed by atoms with E-state index in [1.54, 1.807) is 6.08 Å². The molecule has 0 saturated heterocycles. The molecule has 4 nitrogen and oxygen atoms in total. The number of nitrogens with one attached hydrogen (secondary N) is 1. The van der Waals surface area contributed by atoms with Crippen molar-refractivity contribution in [2.45, 2.75) is 25.3 Å². The van der Waals surface area contributed by atoms with Crippen LogP contribution in [0.2, 0.25) is 0 Å². The maximum atomic E-state index is 11.8. The lowest BCUT2D eigenvalue weighted by molar-refractivity contribution is -0.137. The minimum absolute atomic E-state index is 0.00549. The molecule has 0 aliphatic heterocycles. The zero-order valence-electron chi connectivity index (χ0n) is 10.6. The fourth-order valence-corrected chi connectivity index (χ4v) is 1.66. The largest absolute Gasteiger partial charge is 0.481 e. The summed E-state index contributed by atoms with van der Waals surface area (Å²) in [6.45, 7) is 3.44. The number of carbonyl (C=O) groups excluding carboxylic acids is 1. The van der Waals surface area contributed by atoms with E-state index in [4.69, 9.17) is 5.11 Å². The normalized spacial score (nSPS) is 11.2. The molecule has 4 heteroatoms. The number of rotatable bonds is 7. The van der Waals surface area contributed by atoms with E-state index in [2.05, 4.69) is 17.6 Å². The first-order valence-corrected chi connectivity index (χ1v) is 6.03. The summed E-state index contributed by atoms with van der Waals surface area (Å²) in [7, 11) is 0. The van der Waals surface area contributed by atoms with Crippen molar-refractivity contribution in [2.75, 3.05) is 0 Å². The maximum absolute atomic E-state index is 11.8. The Balaban J connectivity index is 2.51.